The Hall–Kier alpha value is -4.01. The average molecular weight is 566 g/mol. The Morgan fingerprint density at radius 2 is 1.41 bits per heavy atom. The predicted molar refractivity (Wildman–Crippen MR) is 123 cm³/mol. The van der Waals surface area contributed by atoms with Gasteiger partial charge >= 0.3 is 30.0 Å². The van der Waals surface area contributed by atoms with Gasteiger partial charge in [0.15, 0.2) is 0 Å². The molecule has 2 aromatic rings. The Labute approximate surface area is 218 Å². The van der Waals surface area contributed by atoms with Gasteiger partial charge in [0.1, 0.15) is 5.75 Å². The molecule has 9 nitrogen and oxygen atoms in total. The lowest BCUT2D eigenvalue weighted by molar-refractivity contribution is -0.267. The summed E-state index contributed by atoms with van der Waals surface area (Å²) in [6, 6.07) is 8.01. The van der Waals surface area contributed by atoms with Gasteiger partial charge in [-0.2, -0.15) is 26.3 Å². The molecule has 0 aliphatic carbocycles. The van der Waals surface area contributed by atoms with E-state index >= 15 is 0 Å². The van der Waals surface area contributed by atoms with Gasteiger partial charge in [0.2, 0.25) is 0 Å². The lowest BCUT2D eigenvalue weighted by Crippen LogP contribution is -2.69. The molecule has 0 heterocycles. The van der Waals surface area contributed by atoms with Crippen LogP contribution in [0.1, 0.15) is 29.8 Å². The van der Waals surface area contributed by atoms with Crippen molar-refractivity contribution in [3.05, 3.63) is 59.7 Å². The summed E-state index contributed by atoms with van der Waals surface area (Å²) in [5.41, 5.74) is -10.9. The molecule has 1 amide bonds. The van der Waals surface area contributed by atoms with Gasteiger partial charge in [-0.25, -0.2) is 9.59 Å². The number of aliphatic hydroxyl groups is 1. The molecule has 15 heteroatoms. The number of hydrogen-bond acceptors (Lipinski definition) is 8. The number of hydrogen-bond donors (Lipinski definition) is 3. The van der Waals surface area contributed by atoms with Crippen LogP contribution in [0.25, 0.3) is 0 Å². The number of halogens is 6. The van der Waals surface area contributed by atoms with Crippen LogP contribution in [0.15, 0.2) is 48.5 Å². The molecule has 0 aromatic heterocycles. The molecular weight excluding hydrogens is 542 g/mol. The molecule has 0 unspecified atom stereocenters. The van der Waals surface area contributed by atoms with E-state index in [1.165, 1.54) is 37.4 Å². The van der Waals surface area contributed by atoms with Gasteiger partial charge in [0, 0.05) is 11.1 Å². The minimum atomic E-state index is -5.69. The number of anilines is 1. The van der Waals surface area contributed by atoms with Crippen molar-refractivity contribution in [3.8, 4) is 5.75 Å². The number of amides is 1. The van der Waals surface area contributed by atoms with Crippen molar-refractivity contribution >= 4 is 23.5 Å². The fourth-order valence-electron chi connectivity index (χ4n) is 3.33. The molecule has 0 saturated heterocycles. The van der Waals surface area contributed by atoms with Crippen LogP contribution in [-0.4, -0.2) is 61.3 Å². The van der Waals surface area contributed by atoms with Crippen LogP contribution in [0, 0.1) is 0 Å². The predicted octanol–water partition coefficient (Wildman–Crippen LogP) is 3.67. The molecule has 2 aromatic carbocycles. The minimum absolute atomic E-state index is 0.299. The standard InChI is InChI=1S/C24H24F6N2O7/c1-4-38-19(34)21(36,23(25,26)27)15-11-12-17(37-3)16(13-15)31-22(24(28,29)30,20(35)39-5-2)32-18(33)14-9-7-6-8-10-14/h6-13,31,36H,4-5H2,1-3H3,(H,32,33)/t21-,22+/m0/s1. The fraction of sp³-hybridized carbons (Fsp3) is 0.375. The highest BCUT2D eigenvalue weighted by molar-refractivity contribution is 5.99. The third-order valence-electron chi connectivity index (χ3n) is 5.26. The van der Waals surface area contributed by atoms with Gasteiger partial charge in [-0.3, -0.25) is 4.79 Å². The first-order valence-corrected chi connectivity index (χ1v) is 11.1. The van der Waals surface area contributed by atoms with E-state index in [0.717, 1.165) is 19.2 Å². The summed E-state index contributed by atoms with van der Waals surface area (Å²) < 4.78 is 99.2. The van der Waals surface area contributed by atoms with Crippen LogP contribution in [0.4, 0.5) is 32.0 Å². The smallest absolute Gasteiger partial charge is 0.441 e. The Morgan fingerprint density at radius 3 is 1.90 bits per heavy atom. The summed E-state index contributed by atoms with van der Waals surface area (Å²) in [5, 5.41) is 13.6. The largest absolute Gasteiger partial charge is 0.495 e. The summed E-state index contributed by atoms with van der Waals surface area (Å²) in [6.07, 6.45) is -11.3. The van der Waals surface area contributed by atoms with Gasteiger partial charge in [0.05, 0.1) is 26.0 Å². The molecule has 0 aliphatic rings. The van der Waals surface area contributed by atoms with Crippen LogP contribution in [0.3, 0.4) is 0 Å². The fourth-order valence-corrected chi connectivity index (χ4v) is 3.33. The van der Waals surface area contributed by atoms with E-state index in [1.807, 2.05) is 0 Å². The van der Waals surface area contributed by atoms with Crippen molar-refractivity contribution in [1.82, 2.24) is 5.32 Å². The third-order valence-corrected chi connectivity index (χ3v) is 5.26. The van der Waals surface area contributed by atoms with E-state index in [-0.39, 0.29) is 5.56 Å². The van der Waals surface area contributed by atoms with Crippen LogP contribution >= 0.6 is 0 Å². The Balaban J connectivity index is 2.78. The van der Waals surface area contributed by atoms with Gasteiger partial charge < -0.3 is 30.0 Å². The van der Waals surface area contributed by atoms with Crippen LogP contribution in [-0.2, 0) is 24.7 Å². The molecule has 0 spiro atoms. The van der Waals surface area contributed by atoms with Crippen LogP contribution in [0.2, 0.25) is 0 Å². The van der Waals surface area contributed by atoms with E-state index in [9.17, 15) is 45.8 Å². The number of esters is 2. The Bertz CT molecular complexity index is 1190. The molecule has 39 heavy (non-hydrogen) atoms. The molecule has 0 radical (unpaired) electrons. The van der Waals surface area contributed by atoms with Crippen molar-refractivity contribution in [3.63, 3.8) is 0 Å². The summed E-state index contributed by atoms with van der Waals surface area (Å²) in [6.45, 7) is 1.21. The molecule has 0 saturated carbocycles. The van der Waals surface area contributed by atoms with E-state index < -0.39 is 71.7 Å². The van der Waals surface area contributed by atoms with Crippen LogP contribution in [0.5, 0.6) is 5.75 Å². The second kappa shape index (κ2) is 11.8. The molecule has 0 aliphatic heterocycles. The number of nitrogens with one attached hydrogen (secondary N) is 2. The second-order valence-corrected chi connectivity index (χ2v) is 7.76. The number of carbonyl (C=O) groups is 3. The molecule has 2 rings (SSSR count). The highest BCUT2D eigenvalue weighted by Gasteiger charge is 2.65. The first-order valence-electron chi connectivity index (χ1n) is 11.1. The Morgan fingerprint density at radius 1 is 0.846 bits per heavy atom. The van der Waals surface area contributed by atoms with E-state index in [0.29, 0.717) is 18.2 Å². The van der Waals surface area contributed by atoms with Gasteiger partial charge in [-0.1, -0.05) is 24.3 Å². The maximum absolute atomic E-state index is 14.6. The van der Waals surface area contributed by atoms with Crippen molar-refractivity contribution in [2.45, 2.75) is 37.5 Å². The van der Waals surface area contributed by atoms with Crippen molar-refractivity contribution in [2.24, 2.45) is 0 Å². The molecule has 0 bridgehead atoms. The van der Waals surface area contributed by atoms with E-state index in [4.69, 9.17) is 4.74 Å². The number of benzene rings is 2. The lowest BCUT2D eigenvalue weighted by atomic mass is 9.92. The zero-order valence-electron chi connectivity index (χ0n) is 20.7. The summed E-state index contributed by atoms with van der Waals surface area (Å²) in [5.74, 6) is -6.18. The number of ether oxygens (including phenoxy) is 3. The molecule has 0 fully saturated rings. The monoisotopic (exact) mass is 566 g/mol. The lowest BCUT2D eigenvalue weighted by Gasteiger charge is -2.36. The van der Waals surface area contributed by atoms with Gasteiger partial charge in [-0.05, 0) is 38.1 Å². The number of methoxy groups -OCH3 is 1. The van der Waals surface area contributed by atoms with Crippen LogP contribution < -0.4 is 15.4 Å². The van der Waals surface area contributed by atoms with Crippen molar-refractivity contribution in [1.29, 1.82) is 0 Å². The summed E-state index contributed by atoms with van der Waals surface area (Å²) in [4.78, 5) is 37.7. The van der Waals surface area contributed by atoms with Crippen molar-refractivity contribution < 1.29 is 60.0 Å². The van der Waals surface area contributed by atoms with E-state index in [2.05, 4.69) is 9.47 Å². The molecule has 2 atom stereocenters. The average Bonchev–Trinajstić information content (AvgIpc) is 2.87. The SMILES string of the molecule is CCOC(=O)[C@](NC(=O)c1ccccc1)(Nc1cc([C@](O)(C(=O)OCC)C(F)(F)F)ccc1OC)C(F)(F)F. The first kappa shape index (κ1) is 31.2. The highest BCUT2D eigenvalue weighted by atomic mass is 19.4. The number of alkyl halides is 6. The quantitative estimate of drug-likeness (QED) is 0.226. The molecular formula is C24H24F6N2O7. The molecule has 214 valence electrons. The third kappa shape index (κ3) is 6.19. The maximum Gasteiger partial charge on any atom is 0.441 e. The zero-order chi connectivity index (χ0) is 29.6. The second-order valence-electron chi connectivity index (χ2n) is 7.76. The van der Waals surface area contributed by atoms with Gasteiger partial charge in [0.25, 0.3) is 11.5 Å². The van der Waals surface area contributed by atoms with Crippen molar-refractivity contribution in [2.75, 3.05) is 25.6 Å². The van der Waals surface area contributed by atoms with E-state index in [1.54, 1.807) is 5.32 Å². The topological polar surface area (TPSA) is 123 Å². The highest BCUT2D eigenvalue weighted by Crippen LogP contribution is 2.43. The normalized spacial score (nSPS) is 14.8. The molecule has 3 N–H and O–H groups in total. The first-order chi connectivity index (χ1) is 18.1. The summed E-state index contributed by atoms with van der Waals surface area (Å²) in [7, 11) is 0.948. The number of rotatable bonds is 10. The zero-order valence-corrected chi connectivity index (χ0v) is 20.7. The van der Waals surface area contributed by atoms with Gasteiger partial charge in [-0.15, -0.1) is 0 Å². The maximum atomic E-state index is 14.6. The minimum Gasteiger partial charge on any atom is -0.495 e. The summed E-state index contributed by atoms with van der Waals surface area (Å²) >= 11 is 0. The number of carbonyl (C=O) groups excluding carboxylic acids is 3. The Kier molecular flexibility index (Phi) is 9.44.